The number of aromatic nitrogens is 3. The van der Waals surface area contributed by atoms with Gasteiger partial charge in [-0.3, -0.25) is 9.78 Å². The fraction of sp³-hybridized carbons (Fsp3) is 0.273. The number of piperazine rings is 1. The lowest BCUT2D eigenvalue weighted by molar-refractivity contribution is -0.133. The Morgan fingerprint density at radius 3 is 2.41 bits per heavy atom. The number of carbonyl (C=O) groups is 1. The fourth-order valence-corrected chi connectivity index (χ4v) is 3.30. The van der Waals surface area contributed by atoms with Crippen LogP contribution in [-0.4, -0.2) is 58.8 Å². The number of aryl methyl sites for hydroxylation is 1. The number of benzene rings is 1. The first kappa shape index (κ1) is 18.9. The van der Waals surface area contributed by atoms with Crippen LogP contribution >= 0.6 is 0 Å². The molecular formula is C22H23N5O2. The van der Waals surface area contributed by atoms with Crippen molar-refractivity contribution in [1.82, 2.24) is 20.1 Å². The number of anilines is 1. The number of rotatable bonds is 5. The van der Waals surface area contributed by atoms with Crippen LogP contribution < -0.4 is 9.64 Å². The first-order valence-electron chi connectivity index (χ1n) is 9.66. The summed E-state index contributed by atoms with van der Waals surface area (Å²) in [5, 5.41) is 8.69. The minimum absolute atomic E-state index is 0.00650. The zero-order valence-electron chi connectivity index (χ0n) is 16.4. The Kier molecular flexibility index (Phi) is 5.65. The molecule has 2 aromatic heterocycles. The molecule has 1 amide bonds. The topological polar surface area (TPSA) is 71.5 Å². The minimum Gasteiger partial charge on any atom is -0.484 e. The molecule has 0 radical (unpaired) electrons. The monoisotopic (exact) mass is 389 g/mol. The van der Waals surface area contributed by atoms with Gasteiger partial charge in [-0.25, -0.2) is 0 Å². The predicted octanol–water partition coefficient (Wildman–Crippen LogP) is 2.57. The third-order valence-corrected chi connectivity index (χ3v) is 5.03. The molecule has 0 unspecified atom stereocenters. The van der Waals surface area contributed by atoms with Gasteiger partial charge in [-0.15, -0.1) is 10.2 Å². The Bertz CT molecular complexity index is 954. The summed E-state index contributed by atoms with van der Waals surface area (Å²) in [7, 11) is 0. The van der Waals surface area contributed by atoms with Gasteiger partial charge in [0.25, 0.3) is 5.91 Å². The summed E-state index contributed by atoms with van der Waals surface area (Å²) in [4.78, 5) is 20.5. The Balaban J connectivity index is 1.30. The molecule has 0 bridgehead atoms. The van der Waals surface area contributed by atoms with E-state index in [1.165, 1.54) is 0 Å². The molecule has 1 saturated heterocycles. The highest BCUT2D eigenvalue weighted by molar-refractivity contribution is 5.78. The third kappa shape index (κ3) is 4.51. The van der Waals surface area contributed by atoms with Crippen molar-refractivity contribution in [1.29, 1.82) is 0 Å². The van der Waals surface area contributed by atoms with Crippen LogP contribution in [0.1, 0.15) is 5.56 Å². The van der Waals surface area contributed by atoms with E-state index in [-0.39, 0.29) is 12.5 Å². The van der Waals surface area contributed by atoms with Crippen molar-refractivity contribution in [2.24, 2.45) is 0 Å². The van der Waals surface area contributed by atoms with E-state index in [1.54, 1.807) is 12.4 Å². The van der Waals surface area contributed by atoms with Gasteiger partial charge in [0.05, 0.1) is 5.69 Å². The second kappa shape index (κ2) is 8.68. The number of nitrogens with zero attached hydrogens (tertiary/aromatic N) is 5. The van der Waals surface area contributed by atoms with Crippen molar-refractivity contribution in [2.75, 3.05) is 37.7 Å². The summed E-state index contributed by atoms with van der Waals surface area (Å²) in [5.41, 5.74) is 2.83. The molecular weight excluding hydrogens is 366 g/mol. The molecule has 4 rings (SSSR count). The second-order valence-corrected chi connectivity index (χ2v) is 6.93. The normalized spacial score (nSPS) is 14.0. The summed E-state index contributed by atoms with van der Waals surface area (Å²) in [5.74, 6) is 1.59. The Morgan fingerprint density at radius 2 is 1.72 bits per heavy atom. The second-order valence-electron chi connectivity index (χ2n) is 6.93. The van der Waals surface area contributed by atoms with E-state index in [0.29, 0.717) is 13.1 Å². The fourth-order valence-electron chi connectivity index (χ4n) is 3.30. The molecule has 1 aliphatic heterocycles. The van der Waals surface area contributed by atoms with Gasteiger partial charge < -0.3 is 14.5 Å². The Hall–Kier alpha value is -3.48. The molecule has 0 aliphatic carbocycles. The van der Waals surface area contributed by atoms with Crippen LogP contribution in [0.2, 0.25) is 0 Å². The van der Waals surface area contributed by atoms with Crippen LogP contribution in [0.3, 0.4) is 0 Å². The number of amides is 1. The van der Waals surface area contributed by atoms with Crippen molar-refractivity contribution in [2.45, 2.75) is 6.92 Å². The molecule has 0 spiro atoms. The number of hydrogen-bond donors (Lipinski definition) is 0. The molecule has 0 saturated carbocycles. The molecule has 7 nitrogen and oxygen atoms in total. The number of para-hydroxylation sites is 1. The first-order chi connectivity index (χ1) is 14.2. The van der Waals surface area contributed by atoms with Crippen molar-refractivity contribution in [3.05, 3.63) is 66.5 Å². The molecule has 1 fully saturated rings. The van der Waals surface area contributed by atoms with Gasteiger partial charge in [-0.1, -0.05) is 18.2 Å². The Morgan fingerprint density at radius 1 is 0.966 bits per heavy atom. The lowest BCUT2D eigenvalue weighted by Gasteiger charge is -2.35. The molecule has 3 aromatic rings. The van der Waals surface area contributed by atoms with E-state index in [2.05, 4.69) is 20.1 Å². The van der Waals surface area contributed by atoms with Crippen molar-refractivity contribution >= 4 is 11.7 Å². The lowest BCUT2D eigenvalue weighted by atomic mass is 10.2. The summed E-state index contributed by atoms with van der Waals surface area (Å²) >= 11 is 0. The zero-order valence-corrected chi connectivity index (χ0v) is 16.4. The summed E-state index contributed by atoms with van der Waals surface area (Å²) < 4.78 is 5.69. The molecule has 3 heterocycles. The molecule has 7 heteroatoms. The van der Waals surface area contributed by atoms with Gasteiger partial charge in [0.2, 0.25) is 0 Å². The van der Waals surface area contributed by atoms with E-state index in [9.17, 15) is 4.79 Å². The maximum Gasteiger partial charge on any atom is 0.260 e. The quantitative estimate of drug-likeness (QED) is 0.668. The van der Waals surface area contributed by atoms with Crippen LogP contribution in [0.4, 0.5) is 5.82 Å². The van der Waals surface area contributed by atoms with Crippen LogP contribution in [0.5, 0.6) is 5.75 Å². The van der Waals surface area contributed by atoms with Gasteiger partial charge in [0.15, 0.2) is 12.4 Å². The molecule has 0 atom stereocenters. The number of ether oxygens (including phenoxy) is 1. The first-order valence-corrected chi connectivity index (χ1v) is 9.66. The average Bonchev–Trinajstić information content (AvgIpc) is 2.79. The molecule has 29 heavy (non-hydrogen) atoms. The van der Waals surface area contributed by atoms with Crippen LogP contribution in [0.25, 0.3) is 11.3 Å². The SMILES string of the molecule is Cc1ccccc1OCC(=O)N1CCN(c2ccc(-c3ccncc3)nn2)CC1. The Labute approximate surface area is 170 Å². The summed E-state index contributed by atoms with van der Waals surface area (Å²) in [6.07, 6.45) is 3.48. The summed E-state index contributed by atoms with van der Waals surface area (Å²) in [6, 6.07) is 15.5. The minimum atomic E-state index is 0.00650. The zero-order chi connectivity index (χ0) is 20.1. The van der Waals surface area contributed by atoms with Gasteiger partial charge in [0, 0.05) is 44.1 Å². The number of carbonyl (C=O) groups excluding carboxylic acids is 1. The third-order valence-electron chi connectivity index (χ3n) is 5.03. The van der Waals surface area contributed by atoms with Gasteiger partial charge in [-0.05, 0) is 42.8 Å². The molecule has 1 aromatic carbocycles. The predicted molar refractivity (Wildman–Crippen MR) is 111 cm³/mol. The maximum absolute atomic E-state index is 12.5. The van der Waals surface area contributed by atoms with Gasteiger partial charge in [-0.2, -0.15) is 0 Å². The smallest absolute Gasteiger partial charge is 0.260 e. The largest absolute Gasteiger partial charge is 0.484 e. The standard InChI is InChI=1S/C22H23N5O2/c1-17-4-2-3-5-20(17)29-16-22(28)27-14-12-26(13-15-27)21-7-6-19(24-25-21)18-8-10-23-11-9-18/h2-11H,12-16H2,1H3. The van der Waals surface area contributed by atoms with Crippen LogP contribution in [0.15, 0.2) is 60.9 Å². The highest BCUT2D eigenvalue weighted by Gasteiger charge is 2.22. The van der Waals surface area contributed by atoms with Gasteiger partial charge in [0.1, 0.15) is 5.75 Å². The maximum atomic E-state index is 12.5. The number of pyridine rings is 1. The van der Waals surface area contributed by atoms with Crippen LogP contribution in [-0.2, 0) is 4.79 Å². The van der Waals surface area contributed by atoms with Gasteiger partial charge >= 0.3 is 0 Å². The van der Waals surface area contributed by atoms with E-state index in [0.717, 1.165) is 41.5 Å². The highest BCUT2D eigenvalue weighted by Crippen LogP contribution is 2.19. The van der Waals surface area contributed by atoms with E-state index in [4.69, 9.17) is 4.74 Å². The van der Waals surface area contributed by atoms with Crippen molar-refractivity contribution in [3.63, 3.8) is 0 Å². The van der Waals surface area contributed by atoms with Crippen LogP contribution in [0, 0.1) is 6.92 Å². The van der Waals surface area contributed by atoms with E-state index in [1.807, 2.05) is 60.4 Å². The molecule has 0 N–H and O–H groups in total. The van der Waals surface area contributed by atoms with Crippen molar-refractivity contribution in [3.8, 4) is 17.0 Å². The number of hydrogen-bond acceptors (Lipinski definition) is 6. The summed E-state index contributed by atoms with van der Waals surface area (Å²) in [6.45, 7) is 4.76. The van der Waals surface area contributed by atoms with E-state index >= 15 is 0 Å². The lowest BCUT2D eigenvalue weighted by Crippen LogP contribution is -2.50. The van der Waals surface area contributed by atoms with Crippen molar-refractivity contribution < 1.29 is 9.53 Å². The van der Waals surface area contributed by atoms with E-state index < -0.39 is 0 Å². The highest BCUT2D eigenvalue weighted by atomic mass is 16.5. The average molecular weight is 389 g/mol. The molecule has 1 aliphatic rings. The molecule has 148 valence electrons.